The SMILES string of the molecule is CN(C)C(=O)Cn1c(-c2ncccn2)c(C2CCCCC2)c2ccc(C(=O)O)cc21. The molecule has 156 valence electrons. The van der Waals surface area contributed by atoms with Gasteiger partial charge in [-0.2, -0.15) is 0 Å². The molecule has 1 fully saturated rings. The van der Waals surface area contributed by atoms with Crippen LogP contribution in [0, 0.1) is 0 Å². The zero-order valence-electron chi connectivity index (χ0n) is 17.3. The summed E-state index contributed by atoms with van der Waals surface area (Å²) in [7, 11) is 3.44. The molecule has 0 radical (unpaired) electrons. The zero-order valence-corrected chi connectivity index (χ0v) is 17.3. The second kappa shape index (κ2) is 8.26. The van der Waals surface area contributed by atoms with E-state index < -0.39 is 5.97 Å². The van der Waals surface area contributed by atoms with Gasteiger partial charge >= 0.3 is 5.97 Å². The first-order chi connectivity index (χ1) is 14.5. The van der Waals surface area contributed by atoms with E-state index >= 15 is 0 Å². The molecule has 1 aliphatic carbocycles. The average molecular weight is 406 g/mol. The van der Waals surface area contributed by atoms with Crippen molar-refractivity contribution in [1.29, 1.82) is 0 Å². The molecule has 4 rings (SSSR count). The van der Waals surface area contributed by atoms with Crippen LogP contribution in [0.15, 0.2) is 36.7 Å². The molecule has 1 saturated carbocycles. The van der Waals surface area contributed by atoms with Gasteiger partial charge in [0.1, 0.15) is 6.54 Å². The molecule has 1 aromatic carbocycles. The molecule has 30 heavy (non-hydrogen) atoms. The fourth-order valence-electron chi connectivity index (χ4n) is 4.42. The zero-order chi connectivity index (χ0) is 21.3. The Kier molecular flexibility index (Phi) is 5.53. The van der Waals surface area contributed by atoms with E-state index in [4.69, 9.17) is 0 Å². The lowest BCUT2D eigenvalue weighted by molar-refractivity contribution is -0.129. The summed E-state index contributed by atoms with van der Waals surface area (Å²) in [5, 5.41) is 10.5. The van der Waals surface area contributed by atoms with Crippen molar-refractivity contribution in [1.82, 2.24) is 19.4 Å². The highest BCUT2D eigenvalue weighted by Crippen LogP contribution is 2.43. The summed E-state index contributed by atoms with van der Waals surface area (Å²) in [5.41, 5.74) is 2.91. The number of carboxylic acid groups (broad SMARTS) is 1. The third-order valence-corrected chi connectivity index (χ3v) is 5.93. The first-order valence-electron chi connectivity index (χ1n) is 10.3. The van der Waals surface area contributed by atoms with Crippen molar-refractivity contribution in [3.8, 4) is 11.5 Å². The number of amides is 1. The third kappa shape index (κ3) is 3.67. The van der Waals surface area contributed by atoms with Gasteiger partial charge < -0.3 is 14.6 Å². The Balaban J connectivity index is 2.03. The molecular formula is C23H26N4O3. The maximum atomic E-state index is 12.7. The van der Waals surface area contributed by atoms with E-state index in [1.165, 1.54) is 6.42 Å². The van der Waals surface area contributed by atoms with E-state index in [2.05, 4.69) is 9.97 Å². The normalized spacial score (nSPS) is 14.7. The fourth-order valence-corrected chi connectivity index (χ4v) is 4.42. The number of aromatic carboxylic acids is 1. The van der Waals surface area contributed by atoms with Gasteiger partial charge in [0.15, 0.2) is 5.82 Å². The van der Waals surface area contributed by atoms with Crippen molar-refractivity contribution in [2.45, 2.75) is 44.6 Å². The lowest BCUT2D eigenvalue weighted by Gasteiger charge is -2.23. The van der Waals surface area contributed by atoms with Crippen LogP contribution in [0.5, 0.6) is 0 Å². The number of nitrogens with zero attached hydrogens (tertiary/aromatic N) is 4. The van der Waals surface area contributed by atoms with Gasteiger partial charge in [-0.05, 0) is 42.5 Å². The van der Waals surface area contributed by atoms with Gasteiger partial charge in [0.25, 0.3) is 0 Å². The molecule has 0 unspecified atom stereocenters. The first kappa shape index (κ1) is 20.1. The molecular weight excluding hydrogens is 380 g/mol. The molecule has 0 spiro atoms. The Labute approximate surface area is 175 Å². The van der Waals surface area contributed by atoms with E-state index in [-0.39, 0.29) is 18.0 Å². The van der Waals surface area contributed by atoms with Crippen molar-refractivity contribution >= 4 is 22.8 Å². The highest BCUT2D eigenvalue weighted by Gasteiger charge is 2.29. The maximum absolute atomic E-state index is 12.7. The van der Waals surface area contributed by atoms with Crippen LogP contribution in [0.3, 0.4) is 0 Å². The van der Waals surface area contributed by atoms with Crippen molar-refractivity contribution in [2.75, 3.05) is 14.1 Å². The number of rotatable bonds is 5. The van der Waals surface area contributed by atoms with E-state index in [1.807, 2.05) is 10.6 Å². The van der Waals surface area contributed by atoms with Gasteiger partial charge in [0.2, 0.25) is 5.91 Å². The Morgan fingerprint density at radius 2 is 1.83 bits per heavy atom. The van der Waals surface area contributed by atoms with E-state index in [1.54, 1.807) is 49.6 Å². The smallest absolute Gasteiger partial charge is 0.335 e. The minimum absolute atomic E-state index is 0.0694. The molecule has 1 N–H and O–H groups in total. The van der Waals surface area contributed by atoms with Crippen molar-refractivity contribution in [3.63, 3.8) is 0 Å². The molecule has 2 heterocycles. The number of hydrogen-bond donors (Lipinski definition) is 1. The molecule has 3 aromatic rings. The number of aromatic nitrogens is 3. The van der Waals surface area contributed by atoms with Gasteiger partial charge in [0.05, 0.1) is 16.8 Å². The van der Waals surface area contributed by atoms with E-state index in [0.717, 1.165) is 47.8 Å². The minimum atomic E-state index is -0.986. The maximum Gasteiger partial charge on any atom is 0.335 e. The van der Waals surface area contributed by atoms with Crippen LogP contribution >= 0.6 is 0 Å². The van der Waals surface area contributed by atoms with Crippen LogP contribution in [0.4, 0.5) is 0 Å². The van der Waals surface area contributed by atoms with Gasteiger partial charge in [-0.3, -0.25) is 4.79 Å². The van der Waals surface area contributed by atoms with Crippen LogP contribution in [-0.4, -0.2) is 50.5 Å². The first-order valence-corrected chi connectivity index (χ1v) is 10.3. The second-order valence-electron chi connectivity index (χ2n) is 8.08. The van der Waals surface area contributed by atoms with Crippen molar-refractivity contribution in [3.05, 3.63) is 47.8 Å². The van der Waals surface area contributed by atoms with Gasteiger partial charge in [-0.1, -0.05) is 25.3 Å². The summed E-state index contributed by atoms with van der Waals surface area (Å²) in [6.07, 6.45) is 9.10. The molecule has 7 nitrogen and oxygen atoms in total. The number of benzene rings is 1. The topological polar surface area (TPSA) is 88.3 Å². The number of carbonyl (C=O) groups is 2. The van der Waals surface area contributed by atoms with Crippen LogP contribution in [0.1, 0.15) is 53.9 Å². The number of fused-ring (bicyclic) bond motifs is 1. The molecule has 1 aliphatic rings. The minimum Gasteiger partial charge on any atom is -0.478 e. The Bertz CT molecular complexity index is 1080. The lowest BCUT2D eigenvalue weighted by Crippen LogP contribution is -2.26. The molecule has 0 saturated heterocycles. The predicted molar refractivity (Wildman–Crippen MR) is 114 cm³/mol. The van der Waals surface area contributed by atoms with Gasteiger partial charge in [-0.25, -0.2) is 14.8 Å². The molecule has 2 aromatic heterocycles. The van der Waals surface area contributed by atoms with Crippen LogP contribution in [-0.2, 0) is 11.3 Å². The van der Waals surface area contributed by atoms with Crippen molar-refractivity contribution < 1.29 is 14.7 Å². The second-order valence-corrected chi connectivity index (χ2v) is 8.08. The molecule has 0 bridgehead atoms. The molecule has 0 aliphatic heterocycles. The highest BCUT2D eigenvalue weighted by atomic mass is 16.4. The summed E-state index contributed by atoms with van der Waals surface area (Å²) in [5.74, 6) is -0.149. The van der Waals surface area contributed by atoms with Gasteiger partial charge in [0, 0.05) is 31.9 Å². The largest absolute Gasteiger partial charge is 0.478 e. The van der Waals surface area contributed by atoms with Crippen LogP contribution in [0.25, 0.3) is 22.4 Å². The number of hydrogen-bond acceptors (Lipinski definition) is 4. The summed E-state index contributed by atoms with van der Waals surface area (Å²) in [4.78, 5) is 34.9. The molecule has 7 heteroatoms. The summed E-state index contributed by atoms with van der Waals surface area (Å²) >= 11 is 0. The molecule has 0 atom stereocenters. The van der Waals surface area contributed by atoms with Crippen LogP contribution < -0.4 is 0 Å². The monoisotopic (exact) mass is 406 g/mol. The number of carbonyl (C=O) groups excluding carboxylic acids is 1. The highest BCUT2D eigenvalue weighted by molar-refractivity contribution is 5.98. The predicted octanol–water partition coefficient (Wildman–Crippen LogP) is 3.93. The van der Waals surface area contributed by atoms with E-state index in [9.17, 15) is 14.7 Å². The Morgan fingerprint density at radius 1 is 1.13 bits per heavy atom. The number of likely N-dealkylation sites (N-methyl/N-ethyl adjacent to an activating group) is 1. The summed E-state index contributed by atoms with van der Waals surface area (Å²) < 4.78 is 1.91. The Hall–Kier alpha value is -3.22. The lowest BCUT2D eigenvalue weighted by atomic mass is 9.82. The quantitative estimate of drug-likeness (QED) is 0.693. The Morgan fingerprint density at radius 3 is 2.47 bits per heavy atom. The standard InChI is InChI=1S/C23H26N4O3/c1-26(2)19(28)14-27-18-13-16(23(29)30)9-10-17(18)20(15-7-4-3-5-8-15)21(27)22-24-11-6-12-25-22/h6,9-13,15H,3-5,7-8,14H2,1-2H3,(H,29,30). The third-order valence-electron chi connectivity index (χ3n) is 5.93. The van der Waals surface area contributed by atoms with Gasteiger partial charge in [-0.15, -0.1) is 0 Å². The average Bonchev–Trinajstić information content (AvgIpc) is 3.08. The fraction of sp³-hybridized carbons (Fsp3) is 0.391. The summed E-state index contributed by atoms with van der Waals surface area (Å²) in [6.45, 7) is 0.104. The van der Waals surface area contributed by atoms with E-state index in [0.29, 0.717) is 11.7 Å². The van der Waals surface area contributed by atoms with Crippen molar-refractivity contribution in [2.24, 2.45) is 0 Å². The summed E-state index contributed by atoms with van der Waals surface area (Å²) in [6, 6.07) is 6.96. The molecule has 1 amide bonds. The number of carboxylic acids is 1. The van der Waals surface area contributed by atoms with Crippen LogP contribution in [0.2, 0.25) is 0 Å².